The second-order valence-electron chi connectivity index (χ2n) is 4.38. The summed E-state index contributed by atoms with van der Waals surface area (Å²) in [5, 5.41) is 9.43. The molecular weight excluding hydrogens is 222 g/mol. The Balaban J connectivity index is 2.14. The molecule has 0 saturated heterocycles. The van der Waals surface area contributed by atoms with E-state index in [4.69, 9.17) is 0 Å². The number of benzene rings is 1. The number of nitrogens with zero attached hydrogens (tertiary/aromatic N) is 1. The van der Waals surface area contributed by atoms with Gasteiger partial charge in [-0.15, -0.1) is 0 Å². The van der Waals surface area contributed by atoms with Gasteiger partial charge in [-0.1, -0.05) is 36.4 Å². The Kier molecular flexibility index (Phi) is 3.90. The van der Waals surface area contributed by atoms with Gasteiger partial charge >= 0.3 is 0 Å². The van der Waals surface area contributed by atoms with Gasteiger partial charge in [-0.2, -0.15) is 0 Å². The summed E-state index contributed by atoms with van der Waals surface area (Å²) < 4.78 is 0. The quantitative estimate of drug-likeness (QED) is 0.887. The number of rotatable bonds is 3. The highest BCUT2D eigenvalue weighted by molar-refractivity contribution is 5.68. The first-order chi connectivity index (χ1) is 8.65. The standard InChI is InChI=1S/C16H17NO/c1-12-4-3-5-16(17-12)11-8-14-6-9-15(10-7-14)13(2)18/h3-11,13,18H,1-2H3/b11-8+. The molecule has 2 nitrogen and oxygen atoms in total. The maximum absolute atomic E-state index is 9.43. The Bertz CT molecular complexity index is 541. The Hall–Kier alpha value is -1.93. The molecule has 2 heteroatoms. The summed E-state index contributed by atoms with van der Waals surface area (Å²) >= 11 is 0. The first-order valence-corrected chi connectivity index (χ1v) is 6.05. The molecule has 1 heterocycles. The Morgan fingerprint density at radius 2 is 1.78 bits per heavy atom. The minimum Gasteiger partial charge on any atom is -0.389 e. The van der Waals surface area contributed by atoms with Gasteiger partial charge in [-0.25, -0.2) is 0 Å². The van der Waals surface area contributed by atoms with E-state index in [0.29, 0.717) is 0 Å². The lowest BCUT2D eigenvalue weighted by Crippen LogP contribution is -1.89. The summed E-state index contributed by atoms with van der Waals surface area (Å²) in [4.78, 5) is 4.41. The molecule has 0 aliphatic carbocycles. The van der Waals surface area contributed by atoms with Crippen LogP contribution in [0, 0.1) is 6.92 Å². The van der Waals surface area contributed by atoms with Gasteiger partial charge in [0, 0.05) is 5.69 Å². The second kappa shape index (κ2) is 5.61. The first kappa shape index (κ1) is 12.5. The zero-order valence-electron chi connectivity index (χ0n) is 10.7. The van der Waals surface area contributed by atoms with Gasteiger partial charge in [-0.3, -0.25) is 4.98 Å². The smallest absolute Gasteiger partial charge is 0.0761 e. The average molecular weight is 239 g/mol. The highest BCUT2D eigenvalue weighted by atomic mass is 16.3. The molecule has 0 spiro atoms. The molecule has 0 aliphatic heterocycles. The number of aryl methyl sites for hydroxylation is 1. The highest BCUT2D eigenvalue weighted by Gasteiger charge is 1.98. The topological polar surface area (TPSA) is 33.1 Å². The average Bonchev–Trinajstić information content (AvgIpc) is 2.37. The molecule has 0 bridgehead atoms. The van der Waals surface area contributed by atoms with Gasteiger partial charge in [0.1, 0.15) is 0 Å². The van der Waals surface area contributed by atoms with E-state index in [9.17, 15) is 5.11 Å². The van der Waals surface area contributed by atoms with Crippen LogP contribution in [0.3, 0.4) is 0 Å². The molecule has 1 N–H and O–H groups in total. The van der Waals surface area contributed by atoms with E-state index in [1.165, 1.54) is 0 Å². The largest absolute Gasteiger partial charge is 0.389 e. The lowest BCUT2D eigenvalue weighted by atomic mass is 10.1. The van der Waals surface area contributed by atoms with E-state index < -0.39 is 6.10 Å². The third-order valence-electron chi connectivity index (χ3n) is 2.78. The molecule has 0 saturated carbocycles. The number of hydrogen-bond donors (Lipinski definition) is 1. The van der Waals surface area contributed by atoms with Crippen molar-refractivity contribution in [3.63, 3.8) is 0 Å². The van der Waals surface area contributed by atoms with Crippen LogP contribution in [0.1, 0.15) is 35.5 Å². The number of aliphatic hydroxyl groups excluding tert-OH is 1. The van der Waals surface area contributed by atoms with E-state index in [2.05, 4.69) is 4.98 Å². The molecule has 0 radical (unpaired) electrons. The van der Waals surface area contributed by atoms with Crippen LogP contribution in [-0.2, 0) is 0 Å². The molecular formula is C16H17NO. The molecule has 2 rings (SSSR count). The maximum atomic E-state index is 9.43. The van der Waals surface area contributed by atoms with Crippen LogP contribution in [0.5, 0.6) is 0 Å². The normalized spacial score (nSPS) is 12.8. The van der Waals surface area contributed by atoms with Crippen LogP contribution in [0.4, 0.5) is 0 Å². The van der Waals surface area contributed by atoms with Crippen molar-refractivity contribution in [2.45, 2.75) is 20.0 Å². The third kappa shape index (κ3) is 3.28. The predicted molar refractivity (Wildman–Crippen MR) is 75.0 cm³/mol. The maximum Gasteiger partial charge on any atom is 0.0761 e. The minimum atomic E-state index is -0.415. The Labute approximate surface area is 108 Å². The van der Waals surface area contributed by atoms with Crippen LogP contribution in [0.2, 0.25) is 0 Å². The van der Waals surface area contributed by atoms with Crippen molar-refractivity contribution in [2.24, 2.45) is 0 Å². The third-order valence-corrected chi connectivity index (χ3v) is 2.78. The fraction of sp³-hybridized carbons (Fsp3) is 0.188. The van der Waals surface area contributed by atoms with E-state index in [-0.39, 0.29) is 0 Å². The molecule has 0 aliphatic rings. The lowest BCUT2D eigenvalue weighted by Gasteiger charge is -2.03. The zero-order chi connectivity index (χ0) is 13.0. The molecule has 0 amide bonds. The van der Waals surface area contributed by atoms with Gasteiger partial charge in [0.05, 0.1) is 11.8 Å². The molecule has 0 fully saturated rings. The summed E-state index contributed by atoms with van der Waals surface area (Å²) in [5.74, 6) is 0. The van der Waals surface area contributed by atoms with E-state index in [1.54, 1.807) is 6.92 Å². The molecule has 1 aromatic heterocycles. The zero-order valence-corrected chi connectivity index (χ0v) is 10.7. The van der Waals surface area contributed by atoms with Crippen molar-refractivity contribution in [1.29, 1.82) is 0 Å². The van der Waals surface area contributed by atoms with Gasteiger partial charge in [0.2, 0.25) is 0 Å². The SMILES string of the molecule is Cc1cccc(/C=C/c2ccc(C(C)O)cc2)n1. The predicted octanol–water partition coefficient (Wildman–Crippen LogP) is 3.61. The van der Waals surface area contributed by atoms with E-state index in [1.807, 2.05) is 61.5 Å². The van der Waals surface area contributed by atoms with Crippen molar-refractivity contribution in [3.8, 4) is 0 Å². The van der Waals surface area contributed by atoms with Crippen LogP contribution < -0.4 is 0 Å². The van der Waals surface area contributed by atoms with E-state index in [0.717, 1.165) is 22.5 Å². The van der Waals surface area contributed by atoms with Gasteiger partial charge in [0.25, 0.3) is 0 Å². The number of hydrogen-bond acceptors (Lipinski definition) is 2. The van der Waals surface area contributed by atoms with Crippen LogP contribution in [0.15, 0.2) is 42.5 Å². The van der Waals surface area contributed by atoms with Crippen molar-refractivity contribution in [2.75, 3.05) is 0 Å². The molecule has 1 atom stereocenters. The summed E-state index contributed by atoms with van der Waals surface area (Å²) in [7, 11) is 0. The fourth-order valence-corrected chi connectivity index (χ4v) is 1.72. The molecule has 1 aromatic carbocycles. The Morgan fingerprint density at radius 1 is 1.06 bits per heavy atom. The number of pyridine rings is 1. The minimum absolute atomic E-state index is 0.415. The van der Waals surface area contributed by atoms with Crippen molar-refractivity contribution >= 4 is 12.2 Å². The van der Waals surface area contributed by atoms with Gasteiger partial charge in [-0.05, 0) is 43.2 Å². The lowest BCUT2D eigenvalue weighted by molar-refractivity contribution is 0.199. The van der Waals surface area contributed by atoms with Gasteiger partial charge < -0.3 is 5.11 Å². The summed E-state index contributed by atoms with van der Waals surface area (Å²) in [6, 6.07) is 13.8. The van der Waals surface area contributed by atoms with Crippen LogP contribution >= 0.6 is 0 Å². The van der Waals surface area contributed by atoms with E-state index >= 15 is 0 Å². The first-order valence-electron chi connectivity index (χ1n) is 6.05. The second-order valence-corrected chi connectivity index (χ2v) is 4.38. The van der Waals surface area contributed by atoms with Crippen LogP contribution in [0.25, 0.3) is 12.2 Å². The number of aromatic nitrogens is 1. The van der Waals surface area contributed by atoms with Gasteiger partial charge in [0.15, 0.2) is 0 Å². The highest BCUT2D eigenvalue weighted by Crippen LogP contribution is 2.14. The summed E-state index contributed by atoms with van der Waals surface area (Å²) in [6.45, 7) is 3.75. The molecule has 18 heavy (non-hydrogen) atoms. The Morgan fingerprint density at radius 3 is 2.39 bits per heavy atom. The molecule has 92 valence electrons. The molecule has 1 unspecified atom stereocenters. The van der Waals surface area contributed by atoms with Crippen LogP contribution in [-0.4, -0.2) is 10.1 Å². The summed E-state index contributed by atoms with van der Waals surface area (Å²) in [5.41, 5.74) is 4.00. The van der Waals surface area contributed by atoms with Crippen molar-refractivity contribution in [1.82, 2.24) is 4.98 Å². The molecule has 2 aromatic rings. The van der Waals surface area contributed by atoms with Crippen molar-refractivity contribution in [3.05, 3.63) is 65.0 Å². The fourth-order valence-electron chi connectivity index (χ4n) is 1.72. The van der Waals surface area contributed by atoms with Crippen molar-refractivity contribution < 1.29 is 5.11 Å². The number of aliphatic hydroxyl groups is 1. The monoisotopic (exact) mass is 239 g/mol. The summed E-state index contributed by atoms with van der Waals surface area (Å²) in [6.07, 6.45) is 3.60.